The third-order valence-corrected chi connectivity index (χ3v) is 9.25. The molecular formula is C34H32N4O5S2. The zero-order chi connectivity index (χ0) is 31.9. The summed E-state index contributed by atoms with van der Waals surface area (Å²) in [5, 5.41) is 32.7. The second-order valence-electron chi connectivity index (χ2n) is 10.4. The number of hydrogen-bond donors (Lipinski definition) is 6. The first-order valence-corrected chi connectivity index (χ1v) is 15.7. The molecule has 230 valence electrons. The number of aromatic hydroxyl groups is 1. The highest BCUT2D eigenvalue weighted by molar-refractivity contribution is 7.21. The van der Waals surface area contributed by atoms with Crippen molar-refractivity contribution in [2.75, 3.05) is 13.1 Å². The van der Waals surface area contributed by atoms with Crippen molar-refractivity contribution in [1.29, 1.82) is 0 Å². The van der Waals surface area contributed by atoms with Gasteiger partial charge < -0.3 is 31.5 Å². The van der Waals surface area contributed by atoms with Crippen LogP contribution in [0.1, 0.15) is 24.9 Å². The Morgan fingerprint density at radius 2 is 1.27 bits per heavy atom. The number of amides is 3. The van der Waals surface area contributed by atoms with E-state index in [0.29, 0.717) is 21.9 Å². The van der Waals surface area contributed by atoms with E-state index in [1.807, 2.05) is 54.6 Å². The molecule has 0 saturated carbocycles. The fraction of sp³-hybridized carbons (Fsp3) is 0.147. The lowest BCUT2D eigenvalue weighted by atomic mass is 10.0. The van der Waals surface area contributed by atoms with Crippen LogP contribution in [0.2, 0.25) is 0 Å². The molecule has 11 heteroatoms. The molecule has 0 aliphatic carbocycles. The van der Waals surface area contributed by atoms with Gasteiger partial charge in [0.25, 0.3) is 11.8 Å². The van der Waals surface area contributed by atoms with E-state index in [0.717, 1.165) is 25.7 Å². The van der Waals surface area contributed by atoms with Gasteiger partial charge >= 0.3 is 0 Å². The van der Waals surface area contributed by atoms with Gasteiger partial charge in [0, 0.05) is 21.6 Å². The van der Waals surface area contributed by atoms with E-state index in [1.165, 1.54) is 22.7 Å². The number of aliphatic hydroxyl groups is 1. The van der Waals surface area contributed by atoms with Gasteiger partial charge in [-0.2, -0.15) is 0 Å². The molecule has 3 amide bonds. The topological polar surface area (TPSA) is 140 Å². The first kappa shape index (κ1) is 31.3. The van der Waals surface area contributed by atoms with Crippen molar-refractivity contribution >= 4 is 60.6 Å². The molecule has 2 unspecified atom stereocenters. The number of phenols is 1. The number of fused-ring (bicyclic) bond motifs is 2. The Morgan fingerprint density at radius 1 is 0.733 bits per heavy atom. The molecule has 0 saturated heterocycles. The SMILES string of the molecule is C=C(O)CNC(=O)C(CNC(=C)C(Cc1ccc(O)cc1)NC(=O)c1cc2ccccc2s1)NC(=O)c1cc2ccccc2s1. The van der Waals surface area contributed by atoms with Crippen molar-refractivity contribution in [1.82, 2.24) is 21.3 Å². The molecule has 0 fully saturated rings. The van der Waals surface area contributed by atoms with Crippen LogP contribution in [0.15, 0.2) is 110 Å². The van der Waals surface area contributed by atoms with Crippen molar-refractivity contribution in [3.05, 3.63) is 125 Å². The molecule has 2 aromatic heterocycles. The maximum Gasteiger partial charge on any atom is 0.262 e. The third-order valence-electron chi connectivity index (χ3n) is 7.02. The maximum atomic E-state index is 13.4. The molecule has 0 aliphatic rings. The van der Waals surface area contributed by atoms with Crippen LogP contribution in [0.5, 0.6) is 5.75 Å². The Hall–Kier alpha value is -5.13. The second-order valence-corrected chi connectivity index (χ2v) is 12.6. The van der Waals surface area contributed by atoms with Crippen LogP contribution < -0.4 is 21.3 Å². The van der Waals surface area contributed by atoms with Gasteiger partial charge in [-0.3, -0.25) is 14.4 Å². The molecule has 2 atom stereocenters. The largest absolute Gasteiger partial charge is 0.511 e. The van der Waals surface area contributed by atoms with Gasteiger partial charge in [-0.1, -0.05) is 61.7 Å². The summed E-state index contributed by atoms with van der Waals surface area (Å²) in [5.41, 5.74) is 1.25. The standard InChI is InChI=1S/C34H32N4O5S2/c1-20(39)18-36-32(41)27(38-34(43)31-17-24-8-4-6-10-29(24)45-31)19-35-21(2)26(15-22-11-13-25(40)14-12-22)37-33(42)30-16-23-7-3-5-9-28(23)44-30/h3-14,16-17,26-27,35,39-40H,1-2,15,18-19H2,(H,36,41)(H,37,42)(H,38,43). The third kappa shape index (κ3) is 8.08. The van der Waals surface area contributed by atoms with E-state index in [-0.39, 0.29) is 30.5 Å². The zero-order valence-corrected chi connectivity index (χ0v) is 25.8. The molecule has 0 radical (unpaired) electrons. The van der Waals surface area contributed by atoms with E-state index in [2.05, 4.69) is 34.4 Å². The molecule has 0 spiro atoms. The predicted octanol–water partition coefficient (Wildman–Crippen LogP) is 5.25. The Kier molecular flexibility index (Phi) is 9.81. The average molecular weight is 641 g/mol. The number of nitrogens with one attached hydrogen (secondary N) is 4. The van der Waals surface area contributed by atoms with E-state index < -0.39 is 23.9 Å². The summed E-state index contributed by atoms with van der Waals surface area (Å²) < 4.78 is 1.93. The Labute approximate surface area is 267 Å². The lowest BCUT2D eigenvalue weighted by Crippen LogP contribution is -2.53. The minimum Gasteiger partial charge on any atom is -0.511 e. The number of phenolic OH excluding ortho intramolecular Hbond substituents is 1. The minimum absolute atomic E-state index is 0.0515. The van der Waals surface area contributed by atoms with Crippen LogP contribution in [0.25, 0.3) is 20.2 Å². The molecule has 45 heavy (non-hydrogen) atoms. The van der Waals surface area contributed by atoms with Gasteiger partial charge in [-0.15, -0.1) is 22.7 Å². The molecule has 0 bridgehead atoms. The Bertz CT molecular complexity index is 1810. The summed E-state index contributed by atoms with van der Waals surface area (Å²) in [6.07, 6.45) is 0.345. The summed E-state index contributed by atoms with van der Waals surface area (Å²) in [6, 6.07) is 23.9. The normalized spacial score (nSPS) is 12.3. The maximum absolute atomic E-state index is 13.4. The van der Waals surface area contributed by atoms with Crippen molar-refractivity contribution in [2.45, 2.75) is 18.5 Å². The second kappa shape index (κ2) is 14.1. The van der Waals surface area contributed by atoms with E-state index >= 15 is 0 Å². The van der Waals surface area contributed by atoms with Gasteiger partial charge in [0.05, 0.1) is 22.3 Å². The average Bonchev–Trinajstić information content (AvgIpc) is 3.67. The van der Waals surface area contributed by atoms with Crippen molar-refractivity contribution < 1.29 is 24.6 Å². The lowest BCUT2D eigenvalue weighted by Gasteiger charge is -2.25. The summed E-state index contributed by atoms with van der Waals surface area (Å²) in [6.45, 7) is 7.33. The van der Waals surface area contributed by atoms with Crippen molar-refractivity contribution in [3.63, 3.8) is 0 Å². The van der Waals surface area contributed by atoms with E-state index in [4.69, 9.17) is 0 Å². The van der Waals surface area contributed by atoms with Crippen LogP contribution in [0.4, 0.5) is 0 Å². The minimum atomic E-state index is -1.05. The predicted molar refractivity (Wildman–Crippen MR) is 180 cm³/mol. The van der Waals surface area contributed by atoms with Crippen LogP contribution in [0.3, 0.4) is 0 Å². The zero-order valence-electron chi connectivity index (χ0n) is 24.2. The highest BCUT2D eigenvalue weighted by atomic mass is 32.1. The number of aliphatic hydroxyl groups excluding tert-OH is 1. The van der Waals surface area contributed by atoms with Crippen LogP contribution in [-0.2, 0) is 11.2 Å². The summed E-state index contributed by atoms with van der Waals surface area (Å²) in [4.78, 5) is 40.7. The van der Waals surface area contributed by atoms with Crippen LogP contribution >= 0.6 is 22.7 Å². The molecule has 9 nitrogen and oxygen atoms in total. The molecular weight excluding hydrogens is 609 g/mol. The number of rotatable bonds is 13. The molecule has 0 aliphatic heterocycles. The highest BCUT2D eigenvalue weighted by Crippen LogP contribution is 2.26. The molecule has 6 N–H and O–H groups in total. The van der Waals surface area contributed by atoms with Gasteiger partial charge in [-0.05, 0) is 59.2 Å². The van der Waals surface area contributed by atoms with Crippen molar-refractivity contribution in [3.8, 4) is 5.75 Å². The summed E-state index contributed by atoms with van der Waals surface area (Å²) >= 11 is 2.70. The first-order valence-electron chi connectivity index (χ1n) is 14.1. The van der Waals surface area contributed by atoms with E-state index in [1.54, 1.807) is 30.3 Å². The molecule has 5 aromatic rings. The number of carbonyl (C=O) groups excluding carboxylic acids is 3. The quantitative estimate of drug-likeness (QED) is 0.0972. The van der Waals surface area contributed by atoms with Crippen LogP contribution in [-0.4, -0.2) is 53.1 Å². The molecule has 2 heterocycles. The van der Waals surface area contributed by atoms with Crippen molar-refractivity contribution in [2.24, 2.45) is 0 Å². The first-order chi connectivity index (χ1) is 21.7. The Balaban J connectivity index is 1.32. The number of hydrogen-bond acceptors (Lipinski definition) is 8. The number of carbonyl (C=O) groups is 3. The van der Waals surface area contributed by atoms with Gasteiger partial charge in [-0.25, -0.2) is 0 Å². The monoisotopic (exact) mass is 640 g/mol. The number of thiophene rings is 2. The summed E-state index contributed by atoms with van der Waals surface area (Å²) in [7, 11) is 0. The highest BCUT2D eigenvalue weighted by Gasteiger charge is 2.25. The Morgan fingerprint density at radius 3 is 1.80 bits per heavy atom. The molecule has 3 aromatic carbocycles. The fourth-order valence-electron chi connectivity index (χ4n) is 4.65. The van der Waals surface area contributed by atoms with Crippen LogP contribution in [0, 0.1) is 0 Å². The van der Waals surface area contributed by atoms with Gasteiger partial charge in [0.15, 0.2) is 0 Å². The van der Waals surface area contributed by atoms with Gasteiger partial charge in [0.2, 0.25) is 5.91 Å². The van der Waals surface area contributed by atoms with Gasteiger partial charge in [0.1, 0.15) is 17.6 Å². The lowest BCUT2D eigenvalue weighted by molar-refractivity contribution is -0.122. The fourth-order valence-corrected chi connectivity index (χ4v) is 6.59. The summed E-state index contributed by atoms with van der Waals surface area (Å²) in [5.74, 6) is -1.35. The number of benzene rings is 3. The van der Waals surface area contributed by atoms with E-state index in [9.17, 15) is 24.6 Å². The molecule has 5 rings (SSSR count). The smallest absolute Gasteiger partial charge is 0.262 e.